The van der Waals surface area contributed by atoms with Gasteiger partial charge in [0.1, 0.15) is 12.4 Å². The molecule has 1 amide bonds. The van der Waals surface area contributed by atoms with Crippen molar-refractivity contribution < 1.29 is 14.3 Å². The molecule has 0 heterocycles. The largest absolute Gasteiger partial charge is 0.492 e. The first-order valence-electron chi connectivity index (χ1n) is 7.08. The van der Waals surface area contributed by atoms with Crippen LogP contribution in [0.25, 0.3) is 0 Å². The lowest BCUT2D eigenvalue weighted by atomic mass is 10.3. The van der Waals surface area contributed by atoms with Gasteiger partial charge >= 0.3 is 6.09 Å². The maximum atomic E-state index is 11.2. The molecule has 0 spiro atoms. The van der Waals surface area contributed by atoms with Crippen LogP contribution in [0.15, 0.2) is 24.3 Å². The van der Waals surface area contributed by atoms with Crippen LogP contribution >= 0.6 is 12.4 Å². The molecule has 5 nitrogen and oxygen atoms in total. The molecule has 120 valence electrons. The predicted octanol–water partition coefficient (Wildman–Crippen LogP) is 3.40. The number of halogens is 1. The molecule has 0 aliphatic heterocycles. The van der Waals surface area contributed by atoms with Crippen LogP contribution in [-0.2, 0) is 4.74 Å². The summed E-state index contributed by atoms with van der Waals surface area (Å²) in [6, 6.07) is 7.26. The Morgan fingerprint density at radius 2 is 1.76 bits per heavy atom. The van der Waals surface area contributed by atoms with E-state index in [0.717, 1.165) is 25.4 Å². The fraction of sp³-hybridized carbons (Fsp3) is 0.533. The van der Waals surface area contributed by atoms with Crippen LogP contribution in [0.3, 0.4) is 0 Å². The van der Waals surface area contributed by atoms with Gasteiger partial charge in [-0.3, -0.25) is 5.32 Å². The van der Waals surface area contributed by atoms with Crippen molar-refractivity contribution in [3.8, 4) is 5.75 Å². The van der Waals surface area contributed by atoms with E-state index in [2.05, 4.69) is 24.1 Å². The molecule has 0 saturated carbocycles. The van der Waals surface area contributed by atoms with Gasteiger partial charge in [-0.25, -0.2) is 4.79 Å². The number of carbonyl (C=O) groups is 1. The van der Waals surface area contributed by atoms with E-state index in [4.69, 9.17) is 9.47 Å². The van der Waals surface area contributed by atoms with Crippen molar-refractivity contribution in [3.05, 3.63) is 24.3 Å². The average Bonchev–Trinajstić information content (AvgIpc) is 2.45. The van der Waals surface area contributed by atoms with E-state index in [1.165, 1.54) is 0 Å². The predicted molar refractivity (Wildman–Crippen MR) is 87.6 cm³/mol. The molecular weight excluding hydrogens is 292 g/mol. The molecule has 21 heavy (non-hydrogen) atoms. The van der Waals surface area contributed by atoms with Crippen molar-refractivity contribution in [1.29, 1.82) is 0 Å². The molecule has 0 unspecified atom stereocenters. The SMILES string of the molecule is CCOC(=O)Nc1ccc(OCCN(CC)CC)cc1.Cl. The van der Waals surface area contributed by atoms with Gasteiger partial charge in [-0.1, -0.05) is 13.8 Å². The number of likely N-dealkylation sites (N-methyl/N-ethyl adjacent to an activating group) is 1. The summed E-state index contributed by atoms with van der Waals surface area (Å²) < 4.78 is 10.5. The van der Waals surface area contributed by atoms with E-state index in [9.17, 15) is 4.79 Å². The van der Waals surface area contributed by atoms with Crippen molar-refractivity contribution in [3.63, 3.8) is 0 Å². The fourth-order valence-electron chi connectivity index (χ4n) is 1.75. The zero-order chi connectivity index (χ0) is 14.8. The summed E-state index contributed by atoms with van der Waals surface area (Å²) in [6.45, 7) is 10.0. The third-order valence-electron chi connectivity index (χ3n) is 2.95. The summed E-state index contributed by atoms with van der Waals surface area (Å²) >= 11 is 0. The van der Waals surface area contributed by atoms with Gasteiger partial charge in [0.2, 0.25) is 0 Å². The number of ether oxygens (including phenoxy) is 2. The number of amides is 1. The lowest BCUT2D eigenvalue weighted by Gasteiger charge is -2.18. The molecule has 1 rings (SSSR count). The maximum Gasteiger partial charge on any atom is 0.411 e. The molecule has 0 bridgehead atoms. The second-order valence-corrected chi connectivity index (χ2v) is 4.25. The minimum Gasteiger partial charge on any atom is -0.492 e. The minimum atomic E-state index is -0.442. The Hall–Kier alpha value is -1.46. The van der Waals surface area contributed by atoms with Gasteiger partial charge in [-0.05, 0) is 44.3 Å². The number of hydrogen-bond donors (Lipinski definition) is 1. The maximum absolute atomic E-state index is 11.2. The third-order valence-corrected chi connectivity index (χ3v) is 2.95. The first-order valence-corrected chi connectivity index (χ1v) is 7.08. The molecule has 0 aromatic heterocycles. The summed E-state index contributed by atoms with van der Waals surface area (Å²) in [5, 5.41) is 2.64. The van der Waals surface area contributed by atoms with Gasteiger partial charge in [0.25, 0.3) is 0 Å². The van der Waals surface area contributed by atoms with E-state index in [0.29, 0.717) is 18.9 Å². The van der Waals surface area contributed by atoms with Crippen molar-refractivity contribution in [2.24, 2.45) is 0 Å². The second-order valence-electron chi connectivity index (χ2n) is 4.25. The third kappa shape index (κ3) is 7.78. The number of anilines is 1. The highest BCUT2D eigenvalue weighted by atomic mass is 35.5. The number of nitrogens with one attached hydrogen (secondary N) is 1. The molecule has 0 aliphatic carbocycles. The lowest BCUT2D eigenvalue weighted by molar-refractivity contribution is 0.168. The molecule has 0 saturated heterocycles. The Labute approximate surface area is 133 Å². The second kappa shape index (κ2) is 11.2. The van der Waals surface area contributed by atoms with Gasteiger partial charge in [0.05, 0.1) is 6.61 Å². The van der Waals surface area contributed by atoms with Crippen LogP contribution in [0.1, 0.15) is 20.8 Å². The molecular formula is C15H25ClN2O3. The molecule has 1 aromatic carbocycles. The van der Waals surface area contributed by atoms with Gasteiger partial charge in [-0.15, -0.1) is 12.4 Å². The van der Waals surface area contributed by atoms with Gasteiger partial charge in [-0.2, -0.15) is 0 Å². The number of benzene rings is 1. The van der Waals surface area contributed by atoms with E-state index < -0.39 is 6.09 Å². The number of rotatable bonds is 8. The normalized spacial score (nSPS) is 9.90. The van der Waals surface area contributed by atoms with Gasteiger partial charge in [0, 0.05) is 12.2 Å². The average molecular weight is 317 g/mol. The number of hydrogen-bond acceptors (Lipinski definition) is 4. The van der Waals surface area contributed by atoms with E-state index in [1.807, 2.05) is 12.1 Å². The van der Waals surface area contributed by atoms with Crippen LogP contribution in [0.5, 0.6) is 5.75 Å². The van der Waals surface area contributed by atoms with Crippen molar-refractivity contribution in [2.75, 3.05) is 38.2 Å². The molecule has 1 aromatic rings. The lowest BCUT2D eigenvalue weighted by Crippen LogP contribution is -2.27. The summed E-state index contributed by atoms with van der Waals surface area (Å²) in [4.78, 5) is 13.5. The first kappa shape index (κ1) is 19.5. The summed E-state index contributed by atoms with van der Waals surface area (Å²) in [5.41, 5.74) is 0.694. The van der Waals surface area contributed by atoms with Gasteiger partial charge < -0.3 is 14.4 Å². The molecule has 0 fully saturated rings. The Bertz CT molecular complexity index is 394. The fourth-order valence-corrected chi connectivity index (χ4v) is 1.75. The number of nitrogens with zero attached hydrogens (tertiary/aromatic N) is 1. The quantitative estimate of drug-likeness (QED) is 0.798. The zero-order valence-corrected chi connectivity index (χ0v) is 13.7. The van der Waals surface area contributed by atoms with Gasteiger partial charge in [0.15, 0.2) is 0 Å². The molecule has 0 atom stereocenters. The van der Waals surface area contributed by atoms with Crippen LogP contribution in [-0.4, -0.2) is 43.8 Å². The minimum absolute atomic E-state index is 0. The van der Waals surface area contributed by atoms with E-state index in [1.54, 1.807) is 19.1 Å². The monoisotopic (exact) mass is 316 g/mol. The first-order chi connectivity index (χ1) is 9.69. The van der Waals surface area contributed by atoms with Crippen LogP contribution in [0, 0.1) is 0 Å². The highest BCUT2D eigenvalue weighted by Gasteiger charge is 2.03. The summed E-state index contributed by atoms with van der Waals surface area (Å²) in [5.74, 6) is 0.798. The molecule has 0 radical (unpaired) electrons. The Morgan fingerprint density at radius 3 is 2.29 bits per heavy atom. The Morgan fingerprint density at radius 1 is 1.14 bits per heavy atom. The highest BCUT2D eigenvalue weighted by Crippen LogP contribution is 2.15. The molecule has 6 heteroatoms. The summed E-state index contributed by atoms with van der Waals surface area (Å²) in [7, 11) is 0. The Kier molecular flexibility index (Phi) is 10.4. The highest BCUT2D eigenvalue weighted by molar-refractivity contribution is 5.85. The topological polar surface area (TPSA) is 50.8 Å². The molecule has 0 aliphatic rings. The van der Waals surface area contributed by atoms with Crippen molar-refractivity contribution >= 4 is 24.2 Å². The standard InChI is InChI=1S/C15H24N2O3.ClH/c1-4-17(5-2)11-12-20-14-9-7-13(8-10-14)16-15(18)19-6-3;/h7-10H,4-6,11-12H2,1-3H3,(H,16,18);1H. The van der Waals surface area contributed by atoms with Crippen molar-refractivity contribution in [2.45, 2.75) is 20.8 Å². The van der Waals surface area contributed by atoms with Crippen LogP contribution in [0.2, 0.25) is 0 Å². The summed E-state index contributed by atoms with van der Waals surface area (Å²) in [6.07, 6.45) is -0.442. The van der Waals surface area contributed by atoms with Crippen LogP contribution < -0.4 is 10.1 Å². The zero-order valence-electron chi connectivity index (χ0n) is 12.9. The Balaban J connectivity index is 0.00000400. The smallest absolute Gasteiger partial charge is 0.411 e. The van der Waals surface area contributed by atoms with E-state index in [-0.39, 0.29) is 12.4 Å². The number of carbonyl (C=O) groups excluding carboxylic acids is 1. The van der Waals surface area contributed by atoms with E-state index >= 15 is 0 Å². The van der Waals surface area contributed by atoms with Crippen LogP contribution in [0.4, 0.5) is 10.5 Å². The van der Waals surface area contributed by atoms with Crippen molar-refractivity contribution in [1.82, 2.24) is 4.90 Å². The molecule has 1 N–H and O–H groups in total.